The van der Waals surface area contributed by atoms with Crippen molar-refractivity contribution in [1.29, 1.82) is 0 Å². The van der Waals surface area contributed by atoms with Gasteiger partial charge in [0, 0.05) is 24.0 Å². The number of ketones is 1. The summed E-state index contributed by atoms with van der Waals surface area (Å²) in [6, 6.07) is 11.1. The van der Waals surface area contributed by atoms with Crippen molar-refractivity contribution >= 4 is 11.6 Å². The van der Waals surface area contributed by atoms with Gasteiger partial charge in [-0.3, -0.25) is 14.7 Å². The molecule has 0 bridgehead atoms. The van der Waals surface area contributed by atoms with Crippen LogP contribution in [0.25, 0.3) is 17.2 Å². The highest BCUT2D eigenvalue weighted by Gasteiger charge is 2.32. The second kappa shape index (κ2) is 9.36. The average Bonchev–Trinajstić information content (AvgIpc) is 3.22. The van der Waals surface area contributed by atoms with Crippen molar-refractivity contribution in [2.45, 2.75) is 70.5 Å². The Labute approximate surface area is 187 Å². The van der Waals surface area contributed by atoms with Crippen molar-refractivity contribution in [3.8, 4) is 11.4 Å². The van der Waals surface area contributed by atoms with Crippen LogP contribution in [0.1, 0.15) is 63.5 Å². The number of hydrogen-bond acceptors (Lipinski definition) is 5. The minimum Gasteiger partial charge on any atom is -0.371 e. The van der Waals surface area contributed by atoms with Crippen LogP contribution >= 0.6 is 0 Å². The molecule has 0 amide bonds. The third-order valence-corrected chi connectivity index (χ3v) is 7.02. The average molecular weight is 435 g/mol. The van der Waals surface area contributed by atoms with Gasteiger partial charge in [0.1, 0.15) is 5.78 Å². The lowest BCUT2D eigenvalue weighted by Gasteiger charge is -2.31. The summed E-state index contributed by atoms with van der Waals surface area (Å²) < 4.78 is 7.52. The number of carbonyl (C=O) groups is 1. The second-order valence-corrected chi connectivity index (χ2v) is 9.20. The van der Waals surface area contributed by atoms with Gasteiger partial charge < -0.3 is 4.74 Å². The molecule has 2 heterocycles. The van der Waals surface area contributed by atoms with Crippen LogP contribution in [0.2, 0.25) is 0 Å². The van der Waals surface area contributed by atoms with Crippen LogP contribution in [-0.2, 0) is 16.1 Å². The molecule has 5 rings (SSSR count). The third-order valence-electron chi connectivity index (χ3n) is 7.02. The van der Waals surface area contributed by atoms with Gasteiger partial charge in [-0.1, -0.05) is 62.4 Å². The van der Waals surface area contributed by atoms with E-state index in [4.69, 9.17) is 4.74 Å². The van der Waals surface area contributed by atoms with E-state index in [-0.39, 0.29) is 24.2 Å². The molecule has 7 heteroatoms. The summed E-state index contributed by atoms with van der Waals surface area (Å²) in [6.45, 7) is 0.219. The zero-order valence-corrected chi connectivity index (χ0v) is 18.3. The lowest BCUT2D eigenvalue weighted by Crippen LogP contribution is -2.34. The number of Topliss-reactive ketones (excluding diaryl/α,β-unsaturated/α-hetero) is 1. The Morgan fingerprint density at radius 3 is 2.66 bits per heavy atom. The van der Waals surface area contributed by atoms with E-state index in [0.717, 1.165) is 43.6 Å². The highest BCUT2D eigenvalue weighted by Crippen LogP contribution is 2.33. The molecule has 2 unspecified atom stereocenters. The van der Waals surface area contributed by atoms with Gasteiger partial charge in [-0.25, -0.2) is 4.98 Å². The van der Waals surface area contributed by atoms with Crippen molar-refractivity contribution in [3.05, 3.63) is 52.4 Å². The summed E-state index contributed by atoms with van der Waals surface area (Å²) in [5.41, 5.74) is 1.22. The number of carbonyl (C=O) groups excluding carboxylic acids is 1. The molecule has 2 aromatic heterocycles. The normalized spacial score (nSPS) is 21.5. The maximum absolute atomic E-state index is 12.9. The Hall–Kier alpha value is -2.80. The minimum absolute atomic E-state index is 0.0243. The largest absolute Gasteiger partial charge is 0.371 e. The summed E-state index contributed by atoms with van der Waals surface area (Å²) in [5, 5.41) is 3.01. The van der Waals surface area contributed by atoms with E-state index in [0.29, 0.717) is 29.5 Å². The molecule has 0 aliphatic heterocycles. The highest BCUT2D eigenvalue weighted by atomic mass is 16.5. The summed E-state index contributed by atoms with van der Waals surface area (Å²) in [7, 11) is 0. The lowest BCUT2D eigenvalue weighted by molar-refractivity contribution is -0.131. The minimum atomic E-state index is -0.222. The molecular formula is C25H30N4O3. The van der Waals surface area contributed by atoms with Crippen LogP contribution in [0.5, 0.6) is 0 Å². The zero-order valence-electron chi connectivity index (χ0n) is 18.3. The van der Waals surface area contributed by atoms with Crippen LogP contribution < -0.4 is 5.56 Å². The predicted molar refractivity (Wildman–Crippen MR) is 121 cm³/mol. The van der Waals surface area contributed by atoms with Crippen LogP contribution in [0.3, 0.4) is 0 Å². The van der Waals surface area contributed by atoms with Gasteiger partial charge in [-0.2, -0.15) is 9.50 Å². The zero-order chi connectivity index (χ0) is 21.9. The van der Waals surface area contributed by atoms with Crippen molar-refractivity contribution < 1.29 is 9.53 Å². The fourth-order valence-electron chi connectivity index (χ4n) is 4.90. The van der Waals surface area contributed by atoms with Gasteiger partial charge >= 0.3 is 0 Å². The van der Waals surface area contributed by atoms with Gasteiger partial charge in [-0.15, -0.1) is 0 Å². The molecule has 2 aliphatic rings. The number of H-pyrrole nitrogens is 1. The van der Waals surface area contributed by atoms with Gasteiger partial charge in [0.05, 0.1) is 18.4 Å². The summed E-state index contributed by atoms with van der Waals surface area (Å²) in [6.07, 6.45) is 9.44. The van der Waals surface area contributed by atoms with Crippen molar-refractivity contribution in [3.63, 3.8) is 0 Å². The van der Waals surface area contributed by atoms with Crippen LogP contribution in [0.4, 0.5) is 0 Å². The molecule has 1 aromatic carbocycles. The van der Waals surface area contributed by atoms with Gasteiger partial charge in [0.15, 0.2) is 5.82 Å². The SMILES string of the molecule is O=C(CCC1CCC1)C1CCCCC1OCc1cc(=O)n2[nH]c(-c3ccccc3)nc2n1. The molecule has 3 aromatic rings. The fraction of sp³-hybridized carbons (Fsp3) is 0.520. The van der Waals surface area contributed by atoms with E-state index in [1.54, 1.807) is 0 Å². The lowest BCUT2D eigenvalue weighted by atomic mass is 9.78. The molecule has 0 saturated heterocycles. The van der Waals surface area contributed by atoms with Crippen molar-refractivity contribution in [1.82, 2.24) is 19.6 Å². The van der Waals surface area contributed by atoms with Crippen LogP contribution in [0, 0.1) is 11.8 Å². The quantitative estimate of drug-likeness (QED) is 0.571. The van der Waals surface area contributed by atoms with E-state index in [2.05, 4.69) is 15.1 Å². The van der Waals surface area contributed by atoms with E-state index >= 15 is 0 Å². The standard InChI is InChI=1S/C25H30N4O3/c30-21(14-13-17-7-6-8-17)20-11-4-5-12-22(20)32-16-19-15-23(31)29-25(26-19)27-24(28-29)18-9-2-1-3-10-18/h1-3,9-10,15,17,20,22H,4-8,11-14,16H2,(H,26,27,28). The number of nitrogens with one attached hydrogen (secondary N) is 1. The molecule has 32 heavy (non-hydrogen) atoms. The van der Waals surface area contributed by atoms with Gasteiger partial charge in [0.25, 0.3) is 11.3 Å². The Kier molecular flexibility index (Phi) is 6.17. The molecule has 168 valence electrons. The predicted octanol–water partition coefficient (Wildman–Crippen LogP) is 4.31. The van der Waals surface area contributed by atoms with Crippen LogP contribution in [0.15, 0.2) is 41.2 Å². The number of benzene rings is 1. The first-order valence-electron chi connectivity index (χ1n) is 11.9. The molecule has 1 N–H and O–H groups in total. The highest BCUT2D eigenvalue weighted by molar-refractivity contribution is 5.81. The van der Waals surface area contributed by atoms with Crippen LogP contribution in [-0.4, -0.2) is 31.5 Å². The van der Waals surface area contributed by atoms with E-state index in [1.807, 2.05) is 30.3 Å². The van der Waals surface area contributed by atoms with Gasteiger partial charge in [-0.05, 0) is 25.2 Å². The molecule has 0 radical (unpaired) electrons. The molecule has 2 saturated carbocycles. The van der Waals surface area contributed by atoms with Crippen molar-refractivity contribution in [2.24, 2.45) is 11.8 Å². The van der Waals surface area contributed by atoms with E-state index in [9.17, 15) is 9.59 Å². The number of nitrogens with zero attached hydrogens (tertiary/aromatic N) is 3. The second-order valence-electron chi connectivity index (χ2n) is 9.20. The first-order valence-corrected chi connectivity index (χ1v) is 11.9. The monoisotopic (exact) mass is 434 g/mol. The first-order chi connectivity index (χ1) is 15.7. The summed E-state index contributed by atoms with van der Waals surface area (Å²) >= 11 is 0. The number of ether oxygens (including phenoxy) is 1. The fourth-order valence-corrected chi connectivity index (χ4v) is 4.90. The number of hydrogen-bond donors (Lipinski definition) is 1. The Morgan fingerprint density at radius 2 is 1.88 bits per heavy atom. The number of aromatic nitrogens is 4. The number of rotatable bonds is 8. The summed E-state index contributed by atoms with van der Waals surface area (Å²) in [4.78, 5) is 34.5. The summed E-state index contributed by atoms with van der Waals surface area (Å²) in [5.74, 6) is 2.00. The molecule has 2 aliphatic carbocycles. The first kappa shape index (κ1) is 21.1. The maximum atomic E-state index is 12.9. The smallest absolute Gasteiger partial charge is 0.274 e. The third kappa shape index (κ3) is 4.53. The Morgan fingerprint density at radius 1 is 1.06 bits per heavy atom. The molecule has 0 spiro atoms. The maximum Gasteiger partial charge on any atom is 0.274 e. The van der Waals surface area contributed by atoms with Gasteiger partial charge in [0.2, 0.25) is 0 Å². The van der Waals surface area contributed by atoms with E-state index < -0.39 is 0 Å². The number of fused-ring (bicyclic) bond motifs is 1. The molecular weight excluding hydrogens is 404 g/mol. The Balaban J connectivity index is 1.27. The molecule has 2 atom stereocenters. The molecule has 7 nitrogen and oxygen atoms in total. The topological polar surface area (TPSA) is 89.4 Å². The van der Waals surface area contributed by atoms with E-state index in [1.165, 1.54) is 29.8 Å². The molecule has 2 fully saturated rings. The Bertz CT molecular complexity index is 1130. The number of aromatic amines is 1. The van der Waals surface area contributed by atoms with Crippen molar-refractivity contribution in [2.75, 3.05) is 0 Å².